The molecule has 0 saturated heterocycles. The number of para-hydroxylation sites is 1. The Morgan fingerprint density at radius 1 is 0.548 bits per heavy atom. The maximum absolute atomic E-state index is 6.82. The maximum Gasteiger partial charge on any atom is 0.267 e. The fourth-order valence-corrected chi connectivity index (χ4v) is 7.99. The summed E-state index contributed by atoms with van der Waals surface area (Å²) in [6.07, 6.45) is 7.87. The summed E-state index contributed by atoms with van der Waals surface area (Å²) in [6.45, 7) is 20.1. The Balaban J connectivity index is 0.00000529. The molecular weight excluding hydrogens is 940 g/mol. The van der Waals surface area contributed by atoms with Crippen molar-refractivity contribution in [2.24, 2.45) is 0 Å². The van der Waals surface area contributed by atoms with Crippen molar-refractivity contribution in [3.05, 3.63) is 187 Å². The van der Waals surface area contributed by atoms with E-state index in [1.165, 1.54) is 5.56 Å². The van der Waals surface area contributed by atoms with Gasteiger partial charge < -0.3 is 13.9 Å². The molecule has 0 radical (unpaired) electrons. The molecule has 0 amide bonds. The number of nitrogens with zero attached hydrogens (tertiary/aromatic N) is 4. The Labute approximate surface area is 381 Å². The number of imidazole rings is 1. The van der Waals surface area contributed by atoms with E-state index in [9.17, 15) is 0 Å². The predicted molar refractivity (Wildman–Crippen MR) is 249 cm³/mol. The Morgan fingerprint density at radius 3 is 1.81 bits per heavy atom. The number of hydrogen-bond donors (Lipinski definition) is 0. The average Bonchev–Trinajstić information content (AvgIpc) is 3.85. The number of hydrogen-bond acceptors (Lipinski definition) is 2. The molecule has 6 heteroatoms. The van der Waals surface area contributed by atoms with Crippen molar-refractivity contribution in [2.75, 3.05) is 0 Å². The molecule has 9 aromatic rings. The Hall–Kier alpha value is -6.03. The first-order valence-corrected chi connectivity index (χ1v) is 21.1. The summed E-state index contributed by atoms with van der Waals surface area (Å²) in [4.78, 5) is 4.87. The van der Waals surface area contributed by atoms with Gasteiger partial charge in [0.25, 0.3) is 6.33 Å². The second-order valence-corrected chi connectivity index (χ2v) is 19.1. The average molecular weight is 992 g/mol. The van der Waals surface area contributed by atoms with Crippen molar-refractivity contribution in [3.63, 3.8) is 0 Å². The van der Waals surface area contributed by atoms with Gasteiger partial charge in [0.15, 0.2) is 0 Å². The molecule has 5 nitrogen and oxygen atoms in total. The zero-order chi connectivity index (χ0) is 42.7. The van der Waals surface area contributed by atoms with Gasteiger partial charge in [-0.2, -0.15) is 17.7 Å². The van der Waals surface area contributed by atoms with Crippen LogP contribution in [0.2, 0.25) is 0 Å². The third-order valence-corrected chi connectivity index (χ3v) is 11.4. The van der Waals surface area contributed by atoms with Gasteiger partial charge in [0.05, 0.1) is 11.4 Å². The van der Waals surface area contributed by atoms with Gasteiger partial charge in [-0.3, -0.25) is 4.57 Å². The second kappa shape index (κ2) is 16.3. The van der Waals surface area contributed by atoms with Crippen LogP contribution in [0.15, 0.2) is 152 Å². The third-order valence-electron chi connectivity index (χ3n) is 11.4. The number of ether oxygens (including phenoxy) is 1. The molecule has 0 aliphatic rings. The van der Waals surface area contributed by atoms with Crippen LogP contribution in [0.1, 0.15) is 79.1 Å². The molecule has 3 heterocycles. The van der Waals surface area contributed by atoms with Gasteiger partial charge in [-0.25, -0.2) is 4.98 Å². The summed E-state index contributed by atoms with van der Waals surface area (Å²) in [5.74, 6) is 2.07. The number of benzene rings is 6. The van der Waals surface area contributed by atoms with Crippen LogP contribution in [-0.2, 0) is 37.3 Å². The van der Waals surface area contributed by atoms with Crippen LogP contribution in [0.4, 0.5) is 0 Å². The SMILES string of the molecule is CC(C)(C)c1cc(Oc2[c-]c3c(cc2)c2ccccc2n3-c2cc(C(C)(C)C)ccn2)[c-]c(-n2[c-][n+](-c3cc(-c4ccccc4)cc(-c4ccccc4)c3)cc2C(C)(C)C)c1.[Pt]. The Morgan fingerprint density at radius 2 is 1.18 bits per heavy atom. The van der Waals surface area contributed by atoms with E-state index in [0.717, 1.165) is 72.5 Å². The molecule has 9 rings (SSSR count). The molecule has 0 aliphatic heterocycles. The van der Waals surface area contributed by atoms with Gasteiger partial charge in [-0.05, 0) is 91.5 Å². The number of rotatable bonds is 7. The van der Waals surface area contributed by atoms with Crippen LogP contribution in [0.5, 0.6) is 11.5 Å². The standard InChI is InChI=1S/C56H52N4O.Pt/c1-54(2,3)42-26-27-57-53(33-42)60-50-23-17-16-22-48(50)49-25-24-46(35-51(49)60)61-47-32-43(55(4,5)6)31-45(34-47)59-37-58(36-52(59)56(7,8)9)44-29-40(38-18-12-10-13-19-38)28-41(30-44)39-20-14-11-15-21-39;/h10-33,36H,1-9H3;/q-2;. The molecule has 0 fully saturated rings. The maximum atomic E-state index is 6.82. The molecule has 0 saturated carbocycles. The third kappa shape index (κ3) is 8.44. The summed E-state index contributed by atoms with van der Waals surface area (Å²) in [5.41, 5.74) is 11.5. The fraction of sp³-hybridized carbons (Fsp3) is 0.214. The van der Waals surface area contributed by atoms with E-state index in [1.54, 1.807) is 0 Å². The fourth-order valence-electron chi connectivity index (χ4n) is 7.99. The molecule has 314 valence electrons. The van der Waals surface area contributed by atoms with Gasteiger partial charge in [-0.1, -0.05) is 147 Å². The molecule has 6 aromatic carbocycles. The molecule has 0 spiro atoms. The van der Waals surface area contributed by atoms with E-state index in [1.807, 2.05) is 12.3 Å². The Kier molecular flexibility index (Phi) is 11.2. The topological polar surface area (TPSA) is 35.9 Å². The van der Waals surface area contributed by atoms with Crippen LogP contribution in [0.3, 0.4) is 0 Å². The quantitative estimate of drug-likeness (QED) is 0.118. The number of pyridine rings is 1. The summed E-state index contributed by atoms with van der Waals surface area (Å²) >= 11 is 0. The summed E-state index contributed by atoms with van der Waals surface area (Å²) < 4.78 is 13.3. The minimum absolute atomic E-state index is 0. The van der Waals surface area contributed by atoms with Crippen molar-refractivity contribution in [1.29, 1.82) is 0 Å². The van der Waals surface area contributed by atoms with Gasteiger partial charge in [0.2, 0.25) is 0 Å². The van der Waals surface area contributed by atoms with E-state index in [-0.39, 0.29) is 37.3 Å². The first kappa shape index (κ1) is 42.7. The molecule has 0 bridgehead atoms. The molecular formula is C56H52N4OPt-2. The Bertz CT molecular complexity index is 2990. The van der Waals surface area contributed by atoms with E-state index < -0.39 is 0 Å². The van der Waals surface area contributed by atoms with Crippen LogP contribution in [0.25, 0.3) is 61.3 Å². The van der Waals surface area contributed by atoms with Crippen molar-refractivity contribution in [1.82, 2.24) is 14.1 Å². The first-order valence-electron chi connectivity index (χ1n) is 21.1. The smallest absolute Gasteiger partial charge is 0.267 e. The van der Waals surface area contributed by atoms with Gasteiger partial charge in [0.1, 0.15) is 5.82 Å². The summed E-state index contributed by atoms with van der Waals surface area (Å²) in [6, 6.07) is 56.5. The molecule has 3 aromatic heterocycles. The summed E-state index contributed by atoms with van der Waals surface area (Å²) in [5, 5.41) is 2.23. The molecule has 62 heavy (non-hydrogen) atoms. The largest absolute Gasteiger partial charge is 0.510 e. The predicted octanol–water partition coefficient (Wildman–Crippen LogP) is 13.7. The van der Waals surface area contributed by atoms with E-state index in [2.05, 4.69) is 234 Å². The normalized spacial score (nSPS) is 12.1. The van der Waals surface area contributed by atoms with E-state index in [0.29, 0.717) is 11.5 Å². The molecule has 0 atom stereocenters. The van der Waals surface area contributed by atoms with Crippen molar-refractivity contribution >= 4 is 21.8 Å². The van der Waals surface area contributed by atoms with Crippen molar-refractivity contribution in [2.45, 2.75) is 78.6 Å². The number of aromatic nitrogens is 4. The zero-order valence-corrected chi connectivity index (χ0v) is 39.2. The number of fused-ring (bicyclic) bond motifs is 3. The zero-order valence-electron chi connectivity index (χ0n) is 36.9. The van der Waals surface area contributed by atoms with Gasteiger partial charge >= 0.3 is 0 Å². The van der Waals surface area contributed by atoms with E-state index >= 15 is 0 Å². The molecule has 0 unspecified atom stereocenters. The van der Waals surface area contributed by atoms with Gasteiger partial charge in [-0.15, -0.1) is 29.7 Å². The summed E-state index contributed by atoms with van der Waals surface area (Å²) in [7, 11) is 0. The minimum Gasteiger partial charge on any atom is -0.510 e. The second-order valence-electron chi connectivity index (χ2n) is 19.1. The van der Waals surface area contributed by atoms with Crippen molar-refractivity contribution < 1.29 is 30.4 Å². The van der Waals surface area contributed by atoms with Crippen LogP contribution in [-0.4, -0.2) is 14.1 Å². The van der Waals surface area contributed by atoms with Crippen LogP contribution >= 0.6 is 0 Å². The molecule has 0 aliphatic carbocycles. The van der Waals surface area contributed by atoms with Gasteiger partial charge in [0, 0.05) is 50.5 Å². The van der Waals surface area contributed by atoms with Crippen LogP contribution < -0.4 is 9.30 Å². The first-order chi connectivity index (χ1) is 29.1. The molecule has 0 N–H and O–H groups in total. The monoisotopic (exact) mass is 991 g/mol. The van der Waals surface area contributed by atoms with Crippen molar-refractivity contribution in [3.8, 4) is 50.9 Å². The minimum atomic E-state index is -0.224. The van der Waals surface area contributed by atoms with E-state index in [4.69, 9.17) is 9.72 Å². The van der Waals surface area contributed by atoms with Crippen LogP contribution in [0, 0.1) is 18.5 Å².